The number of benzene rings is 1. The number of carbonyl (C=O) groups excluding carboxylic acids is 1. The molecule has 0 aliphatic heterocycles. The molecule has 1 aliphatic carbocycles. The molecule has 2 unspecified atom stereocenters. The Morgan fingerprint density at radius 3 is 2.43 bits per heavy atom. The predicted octanol–water partition coefficient (Wildman–Crippen LogP) is 2.59. The van der Waals surface area contributed by atoms with Crippen LogP contribution in [-0.4, -0.2) is 26.2 Å². The van der Waals surface area contributed by atoms with Gasteiger partial charge in [-0.2, -0.15) is 0 Å². The lowest BCUT2D eigenvalue weighted by Gasteiger charge is -2.29. The summed E-state index contributed by atoms with van der Waals surface area (Å²) in [5.41, 5.74) is 6.80. The van der Waals surface area contributed by atoms with Gasteiger partial charge in [-0.25, -0.2) is 0 Å². The topological polar surface area (TPSA) is 73.6 Å². The minimum absolute atomic E-state index is 0.146. The molecule has 0 bridgehead atoms. The summed E-state index contributed by atoms with van der Waals surface area (Å²) in [5, 5.41) is 3.10. The van der Waals surface area contributed by atoms with Crippen molar-refractivity contribution in [3.8, 4) is 11.5 Å². The predicted molar refractivity (Wildman–Crippen MR) is 82.8 cm³/mol. The van der Waals surface area contributed by atoms with E-state index in [1.165, 1.54) is 6.42 Å². The molecule has 0 spiro atoms. The molecule has 2 rings (SSSR count). The van der Waals surface area contributed by atoms with Gasteiger partial charge in [0.1, 0.15) is 0 Å². The molecular weight excluding hydrogens is 268 g/mol. The van der Waals surface area contributed by atoms with Gasteiger partial charge in [0.05, 0.1) is 19.8 Å². The Labute approximate surface area is 125 Å². The normalized spacial score (nSPS) is 21.7. The first kappa shape index (κ1) is 15.5. The Balaban J connectivity index is 2.18. The Kier molecular flexibility index (Phi) is 4.94. The van der Waals surface area contributed by atoms with Crippen LogP contribution in [0.25, 0.3) is 0 Å². The zero-order chi connectivity index (χ0) is 15.4. The fourth-order valence-corrected chi connectivity index (χ4v) is 2.87. The molecule has 1 fully saturated rings. The minimum atomic E-state index is -0.146. The molecule has 1 amide bonds. The number of ether oxygens (including phenoxy) is 2. The first-order valence-electron chi connectivity index (χ1n) is 7.39. The number of nitrogens with one attached hydrogen (secondary N) is 1. The third-order valence-electron chi connectivity index (χ3n) is 4.23. The van der Waals surface area contributed by atoms with Gasteiger partial charge < -0.3 is 20.5 Å². The summed E-state index contributed by atoms with van der Waals surface area (Å²) in [4.78, 5) is 12.5. The molecule has 1 aromatic carbocycles. The smallest absolute Gasteiger partial charge is 0.253 e. The van der Waals surface area contributed by atoms with Crippen LogP contribution in [0.4, 0.5) is 5.69 Å². The molecule has 0 heterocycles. The molecule has 21 heavy (non-hydrogen) atoms. The Bertz CT molecular complexity index is 516. The molecule has 0 radical (unpaired) electrons. The monoisotopic (exact) mass is 292 g/mol. The van der Waals surface area contributed by atoms with Crippen molar-refractivity contribution in [2.45, 2.75) is 38.6 Å². The van der Waals surface area contributed by atoms with Crippen molar-refractivity contribution in [3.63, 3.8) is 0 Å². The molecule has 0 saturated heterocycles. The van der Waals surface area contributed by atoms with E-state index >= 15 is 0 Å². The number of hydrogen-bond donors (Lipinski definition) is 2. The second kappa shape index (κ2) is 6.70. The molecule has 0 aromatic heterocycles. The molecule has 1 saturated carbocycles. The number of nitrogen functional groups attached to an aromatic ring is 1. The van der Waals surface area contributed by atoms with Crippen molar-refractivity contribution in [3.05, 3.63) is 17.7 Å². The van der Waals surface area contributed by atoms with E-state index in [0.29, 0.717) is 28.7 Å². The quantitative estimate of drug-likeness (QED) is 0.837. The van der Waals surface area contributed by atoms with Gasteiger partial charge in [-0.1, -0.05) is 19.8 Å². The summed E-state index contributed by atoms with van der Waals surface area (Å²) >= 11 is 0. The minimum Gasteiger partial charge on any atom is -0.493 e. The summed E-state index contributed by atoms with van der Waals surface area (Å²) in [6.45, 7) is 2.18. The number of nitrogens with two attached hydrogens (primary N) is 1. The van der Waals surface area contributed by atoms with Crippen molar-refractivity contribution in [2.75, 3.05) is 20.0 Å². The maximum absolute atomic E-state index is 12.5. The average Bonchev–Trinajstić information content (AvgIpc) is 2.49. The van der Waals surface area contributed by atoms with Gasteiger partial charge in [0.2, 0.25) is 0 Å². The standard InChI is InChI=1S/C16H24N2O3/c1-10-6-4-5-7-13(10)18-16(19)11-8-14(20-2)15(21-3)9-12(11)17/h8-10,13H,4-7,17H2,1-3H3,(H,18,19). The Morgan fingerprint density at radius 2 is 1.81 bits per heavy atom. The van der Waals surface area contributed by atoms with Crippen LogP contribution in [0.15, 0.2) is 12.1 Å². The van der Waals surface area contributed by atoms with Crippen molar-refractivity contribution in [1.82, 2.24) is 5.32 Å². The van der Waals surface area contributed by atoms with E-state index in [4.69, 9.17) is 15.2 Å². The molecule has 3 N–H and O–H groups in total. The van der Waals surface area contributed by atoms with Gasteiger partial charge in [0, 0.05) is 17.8 Å². The van der Waals surface area contributed by atoms with E-state index in [1.54, 1.807) is 26.4 Å². The summed E-state index contributed by atoms with van der Waals surface area (Å²) in [5.74, 6) is 1.39. The maximum atomic E-state index is 12.5. The van der Waals surface area contributed by atoms with Crippen LogP contribution in [0.5, 0.6) is 11.5 Å². The van der Waals surface area contributed by atoms with Crippen molar-refractivity contribution < 1.29 is 14.3 Å². The number of amides is 1. The van der Waals surface area contributed by atoms with E-state index in [9.17, 15) is 4.79 Å². The lowest BCUT2D eigenvalue weighted by atomic mass is 9.86. The highest BCUT2D eigenvalue weighted by Crippen LogP contribution is 2.32. The highest BCUT2D eigenvalue weighted by Gasteiger charge is 2.24. The molecule has 5 nitrogen and oxygen atoms in total. The van der Waals surface area contributed by atoms with Crippen LogP contribution < -0.4 is 20.5 Å². The van der Waals surface area contributed by atoms with Crippen LogP contribution in [-0.2, 0) is 0 Å². The largest absolute Gasteiger partial charge is 0.493 e. The number of hydrogen-bond acceptors (Lipinski definition) is 4. The third-order valence-corrected chi connectivity index (χ3v) is 4.23. The molecule has 116 valence electrons. The van der Waals surface area contributed by atoms with E-state index in [0.717, 1.165) is 19.3 Å². The molecular formula is C16H24N2O3. The van der Waals surface area contributed by atoms with Crippen LogP contribution in [0.2, 0.25) is 0 Å². The van der Waals surface area contributed by atoms with Crippen molar-refractivity contribution in [2.24, 2.45) is 5.92 Å². The number of anilines is 1. The third kappa shape index (κ3) is 3.40. The van der Waals surface area contributed by atoms with E-state index < -0.39 is 0 Å². The number of methoxy groups -OCH3 is 2. The fourth-order valence-electron chi connectivity index (χ4n) is 2.87. The van der Waals surface area contributed by atoms with Gasteiger partial charge in [-0.15, -0.1) is 0 Å². The molecule has 2 atom stereocenters. The summed E-state index contributed by atoms with van der Waals surface area (Å²) in [6.07, 6.45) is 4.59. The second-order valence-electron chi connectivity index (χ2n) is 5.64. The van der Waals surface area contributed by atoms with Crippen molar-refractivity contribution in [1.29, 1.82) is 0 Å². The average molecular weight is 292 g/mol. The SMILES string of the molecule is COc1cc(N)c(C(=O)NC2CCCCC2C)cc1OC. The Morgan fingerprint density at radius 1 is 1.19 bits per heavy atom. The second-order valence-corrected chi connectivity index (χ2v) is 5.64. The molecule has 5 heteroatoms. The highest BCUT2D eigenvalue weighted by molar-refractivity contribution is 6.00. The molecule has 1 aromatic rings. The Hall–Kier alpha value is -1.91. The fraction of sp³-hybridized carbons (Fsp3) is 0.562. The van der Waals surface area contributed by atoms with Crippen LogP contribution in [0.3, 0.4) is 0 Å². The van der Waals surface area contributed by atoms with Crippen molar-refractivity contribution >= 4 is 11.6 Å². The maximum Gasteiger partial charge on any atom is 0.253 e. The first-order chi connectivity index (χ1) is 10.1. The van der Waals surface area contributed by atoms with Crippen LogP contribution in [0, 0.1) is 5.92 Å². The van der Waals surface area contributed by atoms with Gasteiger partial charge >= 0.3 is 0 Å². The lowest BCUT2D eigenvalue weighted by Crippen LogP contribution is -2.41. The first-order valence-corrected chi connectivity index (χ1v) is 7.39. The number of rotatable bonds is 4. The van der Waals surface area contributed by atoms with E-state index in [2.05, 4.69) is 12.2 Å². The molecule has 1 aliphatic rings. The zero-order valence-electron chi connectivity index (χ0n) is 12.9. The number of carbonyl (C=O) groups is 1. The summed E-state index contributed by atoms with van der Waals surface area (Å²) in [7, 11) is 3.08. The van der Waals surface area contributed by atoms with Gasteiger partial charge in [-0.3, -0.25) is 4.79 Å². The summed E-state index contributed by atoms with van der Waals surface area (Å²) in [6, 6.07) is 3.48. The van der Waals surface area contributed by atoms with Gasteiger partial charge in [0.25, 0.3) is 5.91 Å². The van der Waals surface area contributed by atoms with Gasteiger partial charge in [-0.05, 0) is 24.8 Å². The summed E-state index contributed by atoms with van der Waals surface area (Å²) < 4.78 is 10.4. The highest BCUT2D eigenvalue weighted by atomic mass is 16.5. The van der Waals surface area contributed by atoms with Gasteiger partial charge in [0.15, 0.2) is 11.5 Å². The van der Waals surface area contributed by atoms with E-state index in [-0.39, 0.29) is 11.9 Å². The van der Waals surface area contributed by atoms with E-state index in [1.807, 2.05) is 0 Å². The lowest BCUT2D eigenvalue weighted by molar-refractivity contribution is 0.0911. The van der Waals surface area contributed by atoms with Crippen LogP contribution >= 0.6 is 0 Å². The zero-order valence-corrected chi connectivity index (χ0v) is 12.9. The van der Waals surface area contributed by atoms with Crippen LogP contribution in [0.1, 0.15) is 43.0 Å².